The summed E-state index contributed by atoms with van der Waals surface area (Å²) in [6.07, 6.45) is 0. The zero-order chi connectivity index (χ0) is 13.3. The molecule has 2 rings (SSSR count). The van der Waals surface area contributed by atoms with Gasteiger partial charge in [-0.3, -0.25) is 0 Å². The van der Waals surface area contributed by atoms with Crippen molar-refractivity contribution in [2.45, 2.75) is 32.1 Å². The van der Waals surface area contributed by atoms with Gasteiger partial charge in [0.25, 0.3) is 0 Å². The largest absolute Gasteiger partial charge is 0.308 e. The van der Waals surface area contributed by atoms with Crippen LogP contribution in [0.4, 0.5) is 4.39 Å². The third-order valence-corrected chi connectivity index (χ3v) is 3.32. The van der Waals surface area contributed by atoms with E-state index in [1.54, 1.807) is 19.1 Å². The highest BCUT2D eigenvalue weighted by molar-refractivity contribution is 9.08. The lowest BCUT2D eigenvalue weighted by Gasteiger charge is -2.13. The second-order valence-corrected chi connectivity index (χ2v) is 5.06. The molecule has 0 spiro atoms. The Kier molecular flexibility index (Phi) is 3.80. The predicted molar refractivity (Wildman–Crippen MR) is 73.2 cm³/mol. The summed E-state index contributed by atoms with van der Waals surface area (Å²) in [4.78, 5) is 0. The van der Waals surface area contributed by atoms with Crippen LogP contribution in [0.5, 0.6) is 0 Å². The molecule has 0 atom stereocenters. The highest BCUT2D eigenvalue weighted by Gasteiger charge is 2.15. The van der Waals surface area contributed by atoms with Crippen molar-refractivity contribution in [1.29, 1.82) is 0 Å². The molecular formula is C13H15BrFN3. The Hall–Kier alpha value is -1.23. The van der Waals surface area contributed by atoms with E-state index in [1.807, 2.05) is 0 Å². The predicted octanol–water partition coefficient (Wildman–Crippen LogP) is 3.87. The van der Waals surface area contributed by atoms with Crippen LogP contribution in [-0.4, -0.2) is 14.8 Å². The molecule has 0 fully saturated rings. The van der Waals surface area contributed by atoms with Crippen molar-refractivity contribution >= 4 is 15.9 Å². The SMILES string of the molecule is Cc1cc(-c2nnc(CBr)n2C(C)C)ccc1F. The van der Waals surface area contributed by atoms with Gasteiger partial charge in [-0.2, -0.15) is 0 Å². The quantitative estimate of drug-likeness (QED) is 0.806. The summed E-state index contributed by atoms with van der Waals surface area (Å²) < 4.78 is 15.4. The van der Waals surface area contributed by atoms with Crippen molar-refractivity contribution in [2.75, 3.05) is 0 Å². The summed E-state index contributed by atoms with van der Waals surface area (Å²) in [6, 6.07) is 5.27. The Morgan fingerprint density at radius 1 is 1.33 bits per heavy atom. The topological polar surface area (TPSA) is 30.7 Å². The molecule has 0 aliphatic rings. The molecule has 2 aromatic rings. The monoisotopic (exact) mass is 311 g/mol. The zero-order valence-corrected chi connectivity index (χ0v) is 12.2. The number of halogens is 2. The number of benzene rings is 1. The number of aryl methyl sites for hydroxylation is 1. The first-order valence-corrected chi connectivity index (χ1v) is 6.93. The molecule has 96 valence electrons. The van der Waals surface area contributed by atoms with Crippen LogP contribution < -0.4 is 0 Å². The van der Waals surface area contributed by atoms with E-state index < -0.39 is 0 Å². The van der Waals surface area contributed by atoms with E-state index in [2.05, 4.69) is 44.5 Å². The van der Waals surface area contributed by atoms with Gasteiger partial charge in [0.15, 0.2) is 5.82 Å². The summed E-state index contributed by atoms with van der Waals surface area (Å²) in [5, 5.41) is 9.02. The number of rotatable bonds is 3. The normalized spacial score (nSPS) is 11.2. The van der Waals surface area contributed by atoms with E-state index in [-0.39, 0.29) is 11.9 Å². The average Bonchev–Trinajstić information content (AvgIpc) is 2.76. The van der Waals surface area contributed by atoms with Gasteiger partial charge < -0.3 is 4.57 Å². The van der Waals surface area contributed by atoms with Gasteiger partial charge in [-0.25, -0.2) is 4.39 Å². The summed E-state index contributed by atoms with van der Waals surface area (Å²) in [7, 11) is 0. The first-order valence-electron chi connectivity index (χ1n) is 5.81. The number of aromatic nitrogens is 3. The maximum Gasteiger partial charge on any atom is 0.164 e. The average molecular weight is 312 g/mol. The van der Waals surface area contributed by atoms with Gasteiger partial charge in [0.2, 0.25) is 0 Å². The van der Waals surface area contributed by atoms with Crippen LogP contribution in [0.3, 0.4) is 0 Å². The lowest BCUT2D eigenvalue weighted by atomic mass is 10.1. The standard InChI is InChI=1S/C13H15BrFN3/c1-8(2)18-12(7-14)16-17-13(18)10-4-5-11(15)9(3)6-10/h4-6,8H,7H2,1-3H3. The Labute approximate surface area is 114 Å². The minimum Gasteiger partial charge on any atom is -0.308 e. The summed E-state index contributed by atoms with van der Waals surface area (Å²) in [5.41, 5.74) is 1.51. The van der Waals surface area contributed by atoms with E-state index in [0.717, 1.165) is 17.2 Å². The molecule has 0 saturated carbocycles. The van der Waals surface area contributed by atoms with Crippen LogP contribution in [0.15, 0.2) is 18.2 Å². The van der Waals surface area contributed by atoms with E-state index in [9.17, 15) is 4.39 Å². The molecule has 0 aliphatic heterocycles. The van der Waals surface area contributed by atoms with Crippen LogP contribution in [0.25, 0.3) is 11.4 Å². The van der Waals surface area contributed by atoms with Gasteiger partial charge in [-0.1, -0.05) is 15.9 Å². The summed E-state index contributed by atoms with van der Waals surface area (Å²) >= 11 is 3.41. The van der Waals surface area contributed by atoms with Gasteiger partial charge >= 0.3 is 0 Å². The van der Waals surface area contributed by atoms with Crippen LogP contribution in [0, 0.1) is 12.7 Å². The van der Waals surface area contributed by atoms with Crippen molar-refractivity contribution in [3.63, 3.8) is 0 Å². The van der Waals surface area contributed by atoms with Gasteiger partial charge in [-0.05, 0) is 44.5 Å². The van der Waals surface area contributed by atoms with E-state index in [4.69, 9.17) is 0 Å². The molecule has 1 aromatic carbocycles. The van der Waals surface area contributed by atoms with Gasteiger partial charge in [-0.15, -0.1) is 10.2 Å². The smallest absolute Gasteiger partial charge is 0.164 e. The highest BCUT2D eigenvalue weighted by Crippen LogP contribution is 2.25. The number of alkyl halides is 1. The minimum absolute atomic E-state index is 0.199. The first-order chi connectivity index (χ1) is 8.54. The second kappa shape index (κ2) is 5.18. The molecule has 1 heterocycles. The van der Waals surface area contributed by atoms with Gasteiger partial charge in [0.05, 0.1) is 5.33 Å². The molecule has 0 N–H and O–H groups in total. The summed E-state index contributed by atoms with van der Waals surface area (Å²) in [5.74, 6) is 1.46. The van der Waals surface area contributed by atoms with Crippen molar-refractivity contribution in [3.05, 3.63) is 35.4 Å². The Balaban J connectivity index is 2.56. The molecule has 3 nitrogen and oxygen atoms in total. The third kappa shape index (κ3) is 2.32. The lowest BCUT2D eigenvalue weighted by molar-refractivity contribution is 0.585. The second-order valence-electron chi connectivity index (χ2n) is 4.50. The summed E-state index contributed by atoms with van der Waals surface area (Å²) in [6.45, 7) is 5.91. The number of hydrogen-bond donors (Lipinski definition) is 0. The maximum absolute atomic E-state index is 13.3. The van der Waals surface area contributed by atoms with Crippen molar-refractivity contribution in [3.8, 4) is 11.4 Å². The molecule has 0 amide bonds. The molecule has 18 heavy (non-hydrogen) atoms. The number of hydrogen-bond acceptors (Lipinski definition) is 2. The zero-order valence-electron chi connectivity index (χ0n) is 10.6. The maximum atomic E-state index is 13.3. The Morgan fingerprint density at radius 3 is 2.61 bits per heavy atom. The van der Waals surface area contributed by atoms with Gasteiger partial charge in [0.1, 0.15) is 11.6 Å². The fourth-order valence-corrected chi connectivity index (χ4v) is 2.32. The molecule has 0 bridgehead atoms. The number of nitrogens with zero attached hydrogens (tertiary/aromatic N) is 3. The Morgan fingerprint density at radius 2 is 2.06 bits per heavy atom. The molecule has 1 aromatic heterocycles. The van der Waals surface area contributed by atoms with Crippen LogP contribution in [0.2, 0.25) is 0 Å². The van der Waals surface area contributed by atoms with Crippen molar-refractivity contribution in [2.24, 2.45) is 0 Å². The van der Waals surface area contributed by atoms with E-state index >= 15 is 0 Å². The molecule has 0 unspecified atom stereocenters. The highest BCUT2D eigenvalue weighted by atomic mass is 79.9. The van der Waals surface area contributed by atoms with Crippen LogP contribution in [0.1, 0.15) is 31.3 Å². The van der Waals surface area contributed by atoms with Crippen molar-refractivity contribution < 1.29 is 4.39 Å². The van der Waals surface area contributed by atoms with Crippen LogP contribution >= 0.6 is 15.9 Å². The van der Waals surface area contributed by atoms with Gasteiger partial charge in [0, 0.05) is 11.6 Å². The Bertz CT molecular complexity index is 563. The molecule has 0 saturated heterocycles. The third-order valence-electron chi connectivity index (χ3n) is 2.82. The molecule has 0 radical (unpaired) electrons. The fraction of sp³-hybridized carbons (Fsp3) is 0.385. The lowest BCUT2D eigenvalue weighted by Crippen LogP contribution is -2.07. The molecule has 0 aliphatic carbocycles. The first kappa shape index (κ1) is 13.2. The van der Waals surface area contributed by atoms with E-state index in [0.29, 0.717) is 10.9 Å². The minimum atomic E-state index is -0.199. The molecule has 5 heteroatoms. The fourth-order valence-electron chi connectivity index (χ4n) is 1.94. The molecular weight excluding hydrogens is 297 g/mol. The van der Waals surface area contributed by atoms with Crippen molar-refractivity contribution in [1.82, 2.24) is 14.8 Å². The van der Waals surface area contributed by atoms with E-state index in [1.165, 1.54) is 6.07 Å². The van der Waals surface area contributed by atoms with Crippen LogP contribution in [-0.2, 0) is 5.33 Å².